The number of ketones is 1. The number of hydrogen-bond acceptors (Lipinski definition) is 1. The summed E-state index contributed by atoms with van der Waals surface area (Å²) in [5.41, 5.74) is 0. The number of hydrogen-bond donors (Lipinski definition) is 0. The van der Waals surface area contributed by atoms with E-state index in [2.05, 4.69) is 0 Å². The van der Waals surface area contributed by atoms with Gasteiger partial charge in [0.05, 0.1) is 5.92 Å². The first-order chi connectivity index (χ1) is 4.13. The van der Waals surface area contributed by atoms with Gasteiger partial charge in [-0.15, -0.1) is 0 Å². The van der Waals surface area contributed by atoms with Gasteiger partial charge in [0, 0.05) is 5.92 Å². The molecule has 0 aromatic carbocycles. The van der Waals surface area contributed by atoms with Gasteiger partial charge in [0.1, 0.15) is 12.0 Å². The first kappa shape index (κ1) is 6.72. The fourth-order valence-electron chi connectivity index (χ4n) is 0.887. The normalized spacial score (nSPS) is 32.9. The van der Waals surface area contributed by atoms with Crippen molar-refractivity contribution in [1.29, 1.82) is 0 Å². The van der Waals surface area contributed by atoms with Crippen molar-refractivity contribution in [2.75, 3.05) is 0 Å². The molecular weight excluding hydrogens is 119 g/mol. The molecule has 0 aromatic heterocycles. The van der Waals surface area contributed by atoms with Crippen LogP contribution in [-0.2, 0) is 4.79 Å². The predicted octanol–water partition coefficient (Wildman–Crippen LogP) is 1.57. The molecule has 0 saturated heterocycles. The fourth-order valence-corrected chi connectivity index (χ4v) is 0.887. The van der Waals surface area contributed by atoms with E-state index in [0.717, 1.165) is 0 Å². The lowest BCUT2D eigenvalue weighted by Crippen LogP contribution is -2.10. The van der Waals surface area contributed by atoms with Crippen molar-refractivity contribution >= 4 is 5.78 Å². The first-order valence-electron chi connectivity index (χ1n) is 3.30. The van der Waals surface area contributed by atoms with Gasteiger partial charge in [-0.3, -0.25) is 4.79 Å². The summed E-state index contributed by atoms with van der Waals surface area (Å²) in [6.45, 7) is 3.63. The van der Waals surface area contributed by atoms with E-state index in [-0.39, 0.29) is 17.6 Å². The second-order valence-corrected chi connectivity index (χ2v) is 2.92. The van der Waals surface area contributed by atoms with Crippen LogP contribution in [0.1, 0.15) is 20.3 Å². The molecule has 0 spiro atoms. The molecule has 0 aromatic rings. The molecule has 1 aliphatic carbocycles. The Morgan fingerprint density at radius 1 is 1.67 bits per heavy atom. The van der Waals surface area contributed by atoms with Crippen LogP contribution in [0.15, 0.2) is 0 Å². The zero-order valence-electron chi connectivity index (χ0n) is 5.73. The lowest BCUT2D eigenvalue weighted by molar-refractivity contribution is -0.123. The summed E-state index contributed by atoms with van der Waals surface area (Å²) in [5.74, 6) is -0.150. The summed E-state index contributed by atoms with van der Waals surface area (Å²) in [7, 11) is 0. The van der Waals surface area contributed by atoms with E-state index in [0.29, 0.717) is 6.42 Å². The maximum absolute atomic E-state index is 12.2. The Balaban J connectivity index is 2.36. The highest BCUT2D eigenvalue weighted by atomic mass is 19.1. The molecule has 52 valence electrons. The van der Waals surface area contributed by atoms with Crippen molar-refractivity contribution < 1.29 is 9.18 Å². The van der Waals surface area contributed by atoms with Gasteiger partial charge in [-0.25, -0.2) is 4.39 Å². The minimum absolute atomic E-state index is 0.00995. The second kappa shape index (κ2) is 2.09. The van der Waals surface area contributed by atoms with E-state index in [9.17, 15) is 9.18 Å². The number of halogens is 1. The number of Topliss-reactive ketones (excluding diaryl/α,β-unsaturated/α-hetero) is 1. The molecule has 1 rings (SSSR count). The molecule has 0 aliphatic heterocycles. The Labute approximate surface area is 54.3 Å². The summed E-state index contributed by atoms with van der Waals surface area (Å²) < 4.78 is 12.2. The lowest BCUT2D eigenvalue weighted by atomic mass is 10.1. The van der Waals surface area contributed by atoms with Crippen molar-refractivity contribution in [3.8, 4) is 0 Å². The van der Waals surface area contributed by atoms with E-state index in [4.69, 9.17) is 0 Å². The average molecular weight is 130 g/mol. The highest BCUT2D eigenvalue weighted by Gasteiger charge is 2.43. The maximum atomic E-state index is 12.2. The van der Waals surface area contributed by atoms with Gasteiger partial charge in [0.25, 0.3) is 0 Å². The average Bonchev–Trinajstić information content (AvgIpc) is 2.44. The Morgan fingerprint density at radius 2 is 2.11 bits per heavy atom. The topological polar surface area (TPSA) is 17.1 Å². The monoisotopic (exact) mass is 130 g/mol. The molecule has 2 heteroatoms. The number of rotatable bonds is 2. The van der Waals surface area contributed by atoms with E-state index in [1.807, 2.05) is 13.8 Å². The molecule has 2 unspecified atom stereocenters. The molecule has 1 fully saturated rings. The predicted molar refractivity (Wildman–Crippen MR) is 32.8 cm³/mol. The lowest BCUT2D eigenvalue weighted by Gasteiger charge is -1.98. The summed E-state index contributed by atoms with van der Waals surface area (Å²) >= 11 is 0. The zero-order chi connectivity index (χ0) is 7.02. The van der Waals surface area contributed by atoms with Crippen molar-refractivity contribution in [3.05, 3.63) is 0 Å². The molecule has 0 heterocycles. The quantitative estimate of drug-likeness (QED) is 0.554. The van der Waals surface area contributed by atoms with Gasteiger partial charge in [-0.2, -0.15) is 0 Å². The molecule has 1 aliphatic rings. The second-order valence-electron chi connectivity index (χ2n) is 2.92. The number of alkyl halides is 1. The zero-order valence-corrected chi connectivity index (χ0v) is 5.73. The van der Waals surface area contributed by atoms with Crippen LogP contribution in [0.5, 0.6) is 0 Å². The molecule has 9 heavy (non-hydrogen) atoms. The van der Waals surface area contributed by atoms with Crippen LogP contribution in [0.2, 0.25) is 0 Å². The molecule has 1 nitrogen and oxygen atoms in total. The molecule has 0 N–H and O–H groups in total. The third kappa shape index (κ3) is 1.29. The summed E-state index contributed by atoms with van der Waals surface area (Å²) in [6, 6.07) is 0. The molecule has 1 saturated carbocycles. The van der Waals surface area contributed by atoms with Crippen LogP contribution in [0.25, 0.3) is 0 Å². The summed E-state index contributed by atoms with van der Waals surface area (Å²) in [4.78, 5) is 10.9. The molecule has 0 bridgehead atoms. The summed E-state index contributed by atoms with van der Waals surface area (Å²) in [6.07, 6.45) is -0.350. The molecule has 0 radical (unpaired) electrons. The third-order valence-corrected chi connectivity index (χ3v) is 1.65. The van der Waals surface area contributed by atoms with Gasteiger partial charge in [0.15, 0.2) is 0 Å². The van der Waals surface area contributed by atoms with E-state index >= 15 is 0 Å². The van der Waals surface area contributed by atoms with E-state index in [1.54, 1.807) is 0 Å². The Kier molecular flexibility index (Phi) is 1.56. The standard InChI is InChI=1S/C7H11FO/c1-4(2)7(9)5-3-6(5)8/h4-6H,3H2,1-2H3. The van der Waals surface area contributed by atoms with Crippen LogP contribution < -0.4 is 0 Å². The van der Waals surface area contributed by atoms with Crippen molar-refractivity contribution in [2.45, 2.75) is 26.4 Å². The SMILES string of the molecule is CC(C)C(=O)C1CC1F. The van der Waals surface area contributed by atoms with Gasteiger partial charge in [-0.05, 0) is 6.42 Å². The molecule has 2 atom stereocenters. The maximum Gasteiger partial charge on any atom is 0.141 e. The highest BCUT2D eigenvalue weighted by molar-refractivity contribution is 5.85. The van der Waals surface area contributed by atoms with Crippen LogP contribution >= 0.6 is 0 Å². The molecule has 0 amide bonds. The minimum Gasteiger partial charge on any atom is -0.299 e. The number of carbonyl (C=O) groups excluding carboxylic acids is 1. The summed E-state index contributed by atoms with van der Waals surface area (Å²) in [5, 5.41) is 0. The Morgan fingerprint density at radius 3 is 2.22 bits per heavy atom. The smallest absolute Gasteiger partial charge is 0.141 e. The van der Waals surface area contributed by atoms with Crippen LogP contribution in [0.3, 0.4) is 0 Å². The van der Waals surface area contributed by atoms with Crippen molar-refractivity contribution in [3.63, 3.8) is 0 Å². The van der Waals surface area contributed by atoms with E-state index in [1.165, 1.54) is 0 Å². The van der Waals surface area contributed by atoms with Gasteiger partial charge in [-0.1, -0.05) is 13.8 Å². The largest absolute Gasteiger partial charge is 0.299 e. The van der Waals surface area contributed by atoms with Gasteiger partial charge < -0.3 is 0 Å². The first-order valence-corrected chi connectivity index (χ1v) is 3.30. The van der Waals surface area contributed by atoms with Crippen LogP contribution in [0.4, 0.5) is 4.39 Å². The van der Waals surface area contributed by atoms with Crippen LogP contribution in [0, 0.1) is 11.8 Å². The highest BCUT2D eigenvalue weighted by Crippen LogP contribution is 2.36. The Hall–Kier alpha value is -0.400. The van der Waals surface area contributed by atoms with Gasteiger partial charge in [0.2, 0.25) is 0 Å². The van der Waals surface area contributed by atoms with Crippen molar-refractivity contribution in [2.24, 2.45) is 11.8 Å². The molecular formula is C7H11FO. The van der Waals surface area contributed by atoms with Crippen LogP contribution in [-0.4, -0.2) is 12.0 Å². The van der Waals surface area contributed by atoms with Gasteiger partial charge >= 0.3 is 0 Å². The van der Waals surface area contributed by atoms with E-state index < -0.39 is 6.17 Å². The fraction of sp³-hybridized carbons (Fsp3) is 0.857. The third-order valence-electron chi connectivity index (χ3n) is 1.65. The Bertz CT molecular complexity index is 131. The number of carbonyl (C=O) groups is 1. The minimum atomic E-state index is -0.820. The van der Waals surface area contributed by atoms with Crippen molar-refractivity contribution in [1.82, 2.24) is 0 Å².